The van der Waals surface area contributed by atoms with Crippen molar-refractivity contribution >= 4 is 17.1 Å². The van der Waals surface area contributed by atoms with Gasteiger partial charge in [-0.1, -0.05) is 0 Å². The molecule has 0 atom stereocenters. The molecule has 0 aromatic heterocycles. The molecule has 0 fully saturated rings. The van der Waals surface area contributed by atoms with Crippen LogP contribution in [0.5, 0.6) is 0 Å². The van der Waals surface area contributed by atoms with Crippen molar-refractivity contribution in [3.8, 4) is 0 Å². The van der Waals surface area contributed by atoms with Crippen LogP contribution in [0.3, 0.4) is 0 Å². The van der Waals surface area contributed by atoms with Crippen molar-refractivity contribution in [2.24, 2.45) is 15.0 Å². The molecular formula is C19H13AgN5. The van der Waals surface area contributed by atoms with Crippen LogP contribution in [0.15, 0.2) is 111 Å². The maximum absolute atomic E-state index is 4.60. The number of nitrogens with one attached hydrogen (secondary N) is 2. The topological polar surface area (TPSA) is 61.1 Å². The molecule has 5 aliphatic rings. The zero-order valence-electron chi connectivity index (χ0n) is 13.0. The molecule has 0 aromatic rings. The third-order valence-corrected chi connectivity index (χ3v) is 3.90. The van der Waals surface area contributed by atoms with E-state index in [2.05, 4.69) is 25.6 Å². The second kappa shape index (κ2) is 6.29. The largest absolute Gasteiger partial charge is 0.346 e. The Morgan fingerprint density at radius 1 is 0.600 bits per heavy atom. The minimum absolute atomic E-state index is 0. The summed E-state index contributed by atoms with van der Waals surface area (Å²) in [6.07, 6.45) is 21.8. The first-order chi connectivity index (χ1) is 11.8. The van der Waals surface area contributed by atoms with Gasteiger partial charge in [0.15, 0.2) is 0 Å². The molecule has 5 nitrogen and oxygen atoms in total. The minimum Gasteiger partial charge on any atom is -0.346 e. The van der Waals surface area contributed by atoms with E-state index in [1.165, 1.54) is 0 Å². The van der Waals surface area contributed by atoms with Gasteiger partial charge in [0.2, 0.25) is 0 Å². The van der Waals surface area contributed by atoms with Crippen molar-refractivity contribution in [1.29, 1.82) is 0 Å². The molecule has 2 N–H and O–H groups in total. The van der Waals surface area contributed by atoms with E-state index in [4.69, 9.17) is 0 Å². The molecule has 5 rings (SSSR count). The van der Waals surface area contributed by atoms with Crippen molar-refractivity contribution in [3.05, 3.63) is 95.6 Å². The Morgan fingerprint density at radius 3 is 1.72 bits per heavy atom. The maximum Gasteiger partial charge on any atom is 0.109 e. The normalized spacial score (nSPS) is 21.8. The fourth-order valence-corrected chi connectivity index (χ4v) is 2.81. The van der Waals surface area contributed by atoms with Gasteiger partial charge in [-0.25, -0.2) is 15.0 Å². The molecule has 125 valence electrons. The molecule has 0 spiro atoms. The van der Waals surface area contributed by atoms with Gasteiger partial charge in [0.1, 0.15) is 5.82 Å². The molecule has 0 saturated carbocycles. The van der Waals surface area contributed by atoms with Crippen molar-refractivity contribution in [1.82, 2.24) is 10.6 Å². The molecule has 0 aromatic carbocycles. The number of aliphatic imine (C=N–C) groups is 3. The number of hydrogen-bond acceptors (Lipinski definition) is 5. The zero-order valence-corrected chi connectivity index (χ0v) is 14.5. The van der Waals surface area contributed by atoms with Gasteiger partial charge in [-0.15, -0.1) is 0 Å². The number of rotatable bonds is 0. The van der Waals surface area contributed by atoms with Crippen molar-refractivity contribution < 1.29 is 22.4 Å². The fourth-order valence-electron chi connectivity index (χ4n) is 2.81. The molecule has 0 unspecified atom stereocenters. The van der Waals surface area contributed by atoms with E-state index >= 15 is 0 Å². The van der Waals surface area contributed by atoms with Gasteiger partial charge in [0, 0.05) is 34.7 Å². The number of hydrogen-bond donors (Lipinski definition) is 2. The molecule has 0 aliphatic carbocycles. The second-order valence-electron chi connectivity index (χ2n) is 5.74. The fraction of sp³-hybridized carbons (Fsp3) is 0. The summed E-state index contributed by atoms with van der Waals surface area (Å²) in [6, 6.07) is 0. The Morgan fingerprint density at radius 2 is 1.12 bits per heavy atom. The van der Waals surface area contributed by atoms with E-state index in [1.54, 1.807) is 0 Å². The first-order valence-corrected chi connectivity index (χ1v) is 7.71. The third-order valence-electron chi connectivity index (χ3n) is 3.90. The van der Waals surface area contributed by atoms with Gasteiger partial charge < -0.3 is 10.6 Å². The van der Waals surface area contributed by atoms with Gasteiger partial charge in [0.25, 0.3) is 0 Å². The van der Waals surface area contributed by atoms with Crippen LogP contribution in [0, 0.1) is 0 Å². The van der Waals surface area contributed by atoms with Crippen LogP contribution < -0.4 is 10.6 Å². The van der Waals surface area contributed by atoms with Gasteiger partial charge >= 0.3 is 0 Å². The van der Waals surface area contributed by atoms with Crippen LogP contribution in [0.4, 0.5) is 0 Å². The summed E-state index contributed by atoms with van der Waals surface area (Å²) < 4.78 is 0. The van der Waals surface area contributed by atoms with Crippen molar-refractivity contribution in [2.45, 2.75) is 0 Å². The number of fused-ring (bicyclic) bond motifs is 5. The van der Waals surface area contributed by atoms with E-state index in [0.717, 1.165) is 45.7 Å². The summed E-state index contributed by atoms with van der Waals surface area (Å²) in [4.78, 5) is 13.8. The average molecular weight is 419 g/mol. The van der Waals surface area contributed by atoms with E-state index in [0.29, 0.717) is 0 Å². The van der Waals surface area contributed by atoms with Crippen LogP contribution in [0.25, 0.3) is 0 Å². The van der Waals surface area contributed by atoms with E-state index in [-0.39, 0.29) is 22.4 Å². The summed E-state index contributed by atoms with van der Waals surface area (Å²) in [5.41, 5.74) is 6.34. The number of allylic oxidation sites excluding steroid dienone is 10. The predicted octanol–water partition coefficient (Wildman–Crippen LogP) is 2.56. The van der Waals surface area contributed by atoms with E-state index < -0.39 is 0 Å². The maximum atomic E-state index is 4.60. The SMILES string of the molecule is C1=CC2=NC1=CC1=CNC(=CC3=NC(=CC4=NC(=C2)C=C4)C=C3)N1.[Ag]. The second-order valence-corrected chi connectivity index (χ2v) is 5.74. The number of nitrogens with zero attached hydrogens (tertiary/aromatic N) is 3. The first kappa shape index (κ1) is 15.8. The molecule has 0 amide bonds. The monoisotopic (exact) mass is 418 g/mol. The molecule has 8 bridgehead atoms. The van der Waals surface area contributed by atoms with Gasteiger partial charge in [-0.3, -0.25) is 0 Å². The van der Waals surface area contributed by atoms with Gasteiger partial charge in [-0.05, 0) is 54.7 Å². The van der Waals surface area contributed by atoms with Crippen molar-refractivity contribution in [2.75, 3.05) is 0 Å². The average Bonchev–Trinajstić information content (AvgIpc) is 3.32. The molecular weight excluding hydrogens is 406 g/mol. The summed E-state index contributed by atoms with van der Waals surface area (Å²) in [5, 5.41) is 6.52. The first-order valence-electron chi connectivity index (χ1n) is 7.71. The standard InChI is InChI=1S/C19H13N5.Ag/c1-2-13-8-15-5-6-17(23-15)10-19-20-11-18(24-19)9-16-4-3-14(22-16)7-12(1)21-13;/h1-11,20,24H;. The Labute approximate surface area is 160 Å². The van der Waals surface area contributed by atoms with Crippen LogP contribution >= 0.6 is 0 Å². The van der Waals surface area contributed by atoms with Gasteiger partial charge in [-0.2, -0.15) is 0 Å². The van der Waals surface area contributed by atoms with Gasteiger partial charge in [0.05, 0.1) is 39.9 Å². The quantitative estimate of drug-likeness (QED) is 0.593. The predicted molar refractivity (Wildman–Crippen MR) is 96.4 cm³/mol. The summed E-state index contributed by atoms with van der Waals surface area (Å²) in [5.74, 6) is 0.894. The summed E-state index contributed by atoms with van der Waals surface area (Å²) >= 11 is 0. The van der Waals surface area contributed by atoms with Crippen LogP contribution in [-0.2, 0) is 22.4 Å². The summed E-state index contributed by atoms with van der Waals surface area (Å²) in [6.45, 7) is 0. The molecule has 0 saturated heterocycles. The molecule has 1 radical (unpaired) electrons. The summed E-state index contributed by atoms with van der Waals surface area (Å²) in [7, 11) is 0. The Hall–Kier alpha value is -2.73. The van der Waals surface area contributed by atoms with Crippen LogP contribution in [-0.4, -0.2) is 17.1 Å². The zero-order chi connectivity index (χ0) is 15.9. The van der Waals surface area contributed by atoms with Crippen LogP contribution in [0.1, 0.15) is 0 Å². The Kier molecular flexibility index (Phi) is 3.97. The smallest absolute Gasteiger partial charge is 0.109 e. The van der Waals surface area contributed by atoms with E-state index in [1.807, 2.05) is 67.0 Å². The third kappa shape index (κ3) is 3.25. The Balaban J connectivity index is 0.00000157. The molecule has 6 heteroatoms. The Bertz CT molecular complexity index is 991. The molecule has 5 heterocycles. The van der Waals surface area contributed by atoms with Crippen LogP contribution in [0.2, 0.25) is 0 Å². The molecule has 25 heavy (non-hydrogen) atoms. The van der Waals surface area contributed by atoms with Crippen molar-refractivity contribution in [3.63, 3.8) is 0 Å². The van der Waals surface area contributed by atoms with E-state index in [9.17, 15) is 0 Å². The molecule has 5 aliphatic heterocycles. The minimum atomic E-state index is 0.